The van der Waals surface area contributed by atoms with E-state index < -0.39 is 6.09 Å². The molecule has 0 fully saturated rings. The normalized spacial score (nSPS) is 10.3. The van der Waals surface area contributed by atoms with E-state index >= 15 is 0 Å². The van der Waals surface area contributed by atoms with Gasteiger partial charge in [-0.2, -0.15) is 0 Å². The molecule has 0 radical (unpaired) electrons. The molecule has 0 aliphatic heterocycles. The highest BCUT2D eigenvalue weighted by Crippen LogP contribution is 2.23. The van der Waals surface area contributed by atoms with Crippen molar-refractivity contribution >= 4 is 35.1 Å². The lowest BCUT2D eigenvalue weighted by atomic mass is 10.1. The first-order valence-electron chi connectivity index (χ1n) is 5.60. The number of carbonyl (C=O) groups is 2. The minimum absolute atomic E-state index is 0.0192. The van der Waals surface area contributed by atoms with Crippen LogP contribution in [0.1, 0.15) is 16.1 Å². The molecule has 7 heteroatoms. The van der Waals surface area contributed by atoms with E-state index in [0.29, 0.717) is 16.3 Å². The number of aromatic nitrogens is 1. The zero-order valence-electron chi connectivity index (χ0n) is 10.1. The van der Waals surface area contributed by atoms with E-state index in [-0.39, 0.29) is 17.5 Å². The van der Waals surface area contributed by atoms with E-state index in [4.69, 9.17) is 28.3 Å². The first-order valence-corrected chi connectivity index (χ1v) is 6.36. The van der Waals surface area contributed by atoms with E-state index in [1.807, 2.05) is 0 Å². The van der Waals surface area contributed by atoms with Crippen LogP contribution in [0.25, 0.3) is 0 Å². The minimum atomic E-state index is -1.17. The van der Waals surface area contributed by atoms with Gasteiger partial charge in [0, 0.05) is 16.8 Å². The average molecular weight is 313 g/mol. The monoisotopic (exact) mass is 312 g/mol. The van der Waals surface area contributed by atoms with Crippen LogP contribution in [-0.2, 0) is 6.67 Å². The lowest BCUT2D eigenvalue weighted by molar-refractivity contribution is 0.102. The Kier molecular flexibility index (Phi) is 4.32. The van der Waals surface area contributed by atoms with E-state index in [2.05, 4.69) is 5.32 Å². The largest absolute Gasteiger partial charge is 0.465 e. The Morgan fingerprint density at radius 2 is 2.00 bits per heavy atom. The highest BCUT2D eigenvalue weighted by Gasteiger charge is 2.16. The zero-order valence-corrected chi connectivity index (χ0v) is 11.6. The molecule has 0 saturated carbocycles. The smallest absolute Gasteiger partial charge is 0.406 e. The number of halogens is 2. The number of carbonyl (C=O) groups excluding carboxylic acids is 1. The van der Waals surface area contributed by atoms with Gasteiger partial charge in [-0.15, -0.1) is 0 Å². The van der Waals surface area contributed by atoms with Crippen molar-refractivity contribution in [1.29, 1.82) is 0 Å². The van der Waals surface area contributed by atoms with Gasteiger partial charge in [-0.1, -0.05) is 23.2 Å². The predicted octanol–water partition coefficient (Wildman–Crippen LogP) is 3.25. The van der Waals surface area contributed by atoms with Gasteiger partial charge in [-0.25, -0.2) is 4.79 Å². The molecular weight excluding hydrogens is 303 g/mol. The number of rotatable bonds is 4. The fraction of sp³-hybridized carbons (Fsp3) is 0.0769. The van der Waals surface area contributed by atoms with E-state index in [1.54, 1.807) is 24.4 Å². The molecule has 1 heterocycles. The van der Waals surface area contributed by atoms with Crippen LogP contribution in [0.5, 0.6) is 0 Å². The molecule has 1 aromatic carbocycles. The number of ketones is 1. The maximum Gasteiger partial charge on any atom is 0.406 e. The summed E-state index contributed by atoms with van der Waals surface area (Å²) in [6.45, 7) is -0.0192. The topological polar surface area (TPSA) is 71.3 Å². The third-order valence-electron chi connectivity index (χ3n) is 2.64. The molecule has 0 atom stereocenters. The van der Waals surface area contributed by atoms with Gasteiger partial charge in [0.15, 0.2) is 0 Å². The second kappa shape index (κ2) is 5.98. The van der Waals surface area contributed by atoms with E-state index in [9.17, 15) is 9.59 Å². The third-order valence-corrected chi connectivity index (χ3v) is 3.19. The molecule has 2 N–H and O–H groups in total. The number of benzene rings is 1. The van der Waals surface area contributed by atoms with Crippen LogP contribution in [-0.4, -0.2) is 21.6 Å². The molecule has 2 aromatic rings. The summed E-state index contributed by atoms with van der Waals surface area (Å²) >= 11 is 11.8. The summed E-state index contributed by atoms with van der Waals surface area (Å²) in [5.41, 5.74) is 0.648. The summed E-state index contributed by atoms with van der Waals surface area (Å²) in [6, 6.07) is 7.84. The van der Waals surface area contributed by atoms with Crippen molar-refractivity contribution < 1.29 is 14.7 Å². The number of hydrogen-bond acceptors (Lipinski definition) is 2. The molecule has 20 heavy (non-hydrogen) atoms. The molecule has 0 saturated heterocycles. The molecule has 0 unspecified atom stereocenters. The van der Waals surface area contributed by atoms with Gasteiger partial charge >= 0.3 is 6.09 Å². The second-order valence-corrected chi connectivity index (χ2v) is 4.80. The third kappa shape index (κ3) is 3.12. The lowest BCUT2D eigenvalue weighted by Gasteiger charge is -2.09. The molecule has 0 aliphatic carbocycles. The van der Waals surface area contributed by atoms with Crippen LogP contribution in [0.2, 0.25) is 10.0 Å². The predicted molar refractivity (Wildman–Crippen MR) is 75.5 cm³/mol. The Balaban J connectivity index is 2.29. The first-order chi connectivity index (χ1) is 9.49. The van der Waals surface area contributed by atoms with Gasteiger partial charge in [0.1, 0.15) is 0 Å². The van der Waals surface area contributed by atoms with Gasteiger partial charge in [0.2, 0.25) is 5.78 Å². The Morgan fingerprint density at radius 1 is 1.25 bits per heavy atom. The van der Waals surface area contributed by atoms with E-state index in [1.165, 1.54) is 16.7 Å². The SMILES string of the molecule is O=C(O)NCn1cccc1C(=O)c1ccc(Cl)cc1Cl. The van der Waals surface area contributed by atoms with Crippen molar-refractivity contribution in [3.8, 4) is 0 Å². The molecule has 2 rings (SSSR count). The molecule has 1 aromatic heterocycles. The molecule has 0 spiro atoms. The number of nitrogens with one attached hydrogen (secondary N) is 1. The number of hydrogen-bond donors (Lipinski definition) is 2. The van der Waals surface area contributed by atoms with Crippen molar-refractivity contribution in [2.75, 3.05) is 0 Å². The van der Waals surface area contributed by atoms with Crippen molar-refractivity contribution in [3.05, 3.63) is 57.8 Å². The van der Waals surface area contributed by atoms with Crippen LogP contribution in [0.3, 0.4) is 0 Å². The van der Waals surface area contributed by atoms with Crippen LogP contribution in [0, 0.1) is 0 Å². The molecule has 0 aliphatic rings. The quantitative estimate of drug-likeness (QED) is 0.851. The average Bonchev–Trinajstić information content (AvgIpc) is 2.83. The van der Waals surface area contributed by atoms with Crippen molar-refractivity contribution in [2.45, 2.75) is 6.67 Å². The highest BCUT2D eigenvalue weighted by atomic mass is 35.5. The first kappa shape index (κ1) is 14.4. The van der Waals surface area contributed by atoms with Gasteiger partial charge in [-0.3, -0.25) is 4.79 Å². The Bertz CT molecular complexity index is 667. The van der Waals surface area contributed by atoms with Crippen molar-refractivity contribution in [2.24, 2.45) is 0 Å². The molecule has 5 nitrogen and oxygen atoms in total. The van der Waals surface area contributed by atoms with Gasteiger partial charge in [-0.05, 0) is 30.3 Å². The van der Waals surface area contributed by atoms with Crippen molar-refractivity contribution in [3.63, 3.8) is 0 Å². The van der Waals surface area contributed by atoms with Gasteiger partial charge in [0.05, 0.1) is 17.4 Å². The summed E-state index contributed by atoms with van der Waals surface area (Å²) in [6.07, 6.45) is 0.439. The maximum absolute atomic E-state index is 12.4. The second-order valence-electron chi connectivity index (χ2n) is 3.96. The summed E-state index contributed by atoms with van der Waals surface area (Å²) in [5, 5.41) is 11.5. The molecule has 1 amide bonds. The number of amides is 1. The maximum atomic E-state index is 12.4. The van der Waals surface area contributed by atoms with Crippen LogP contribution >= 0.6 is 23.2 Å². The number of nitrogens with zero attached hydrogens (tertiary/aromatic N) is 1. The molecule has 0 bridgehead atoms. The van der Waals surface area contributed by atoms with Crippen LogP contribution in [0.15, 0.2) is 36.5 Å². The van der Waals surface area contributed by atoms with Crippen molar-refractivity contribution in [1.82, 2.24) is 9.88 Å². The molecular formula is C13H10Cl2N2O3. The fourth-order valence-corrected chi connectivity index (χ4v) is 2.22. The van der Waals surface area contributed by atoms with Crippen LogP contribution < -0.4 is 5.32 Å². The standard InChI is InChI=1S/C13H10Cl2N2O3/c14-8-3-4-9(10(15)6-8)12(18)11-2-1-5-17(11)7-16-13(19)20/h1-6,16H,7H2,(H,19,20). The summed E-state index contributed by atoms with van der Waals surface area (Å²) in [5.74, 6) is -0.302. The highest BCUT2D eigenvalue weighted by molar-refractivity contribution is 6.37. The zero-order chi connectivity index (χ0) is 14.7. The minimum Gasteiger partial charge on any atom is -0.465 e. The molecule has 104 valence electrons. The van der Waals surface area contributed by atoms with Gasteiger partial charge < -0.3 is 15.0 Å². The Labute approximate surface area is 124 Å². The van der Waals surface area contributed by atoms with Crippen LogP contribution in [0.4, 0.5) is 4.79 Å². The fourth-order valence-electron chi connectivity index (χ4n) is 1.72. The summed E-state index contributed by atoms with van der Waals surface area (Å²) < 4.78 is 1.49. The lowest BCUT2D eigenvalue weighted by Crippen LogP contribution is -2.25. The Hall–Kier alpha value is -1.98. The number of carboxylic acid groups (broad SMARTS) is 1. The van der Waals surface area contributed by atoms with Gasteiger partial charge in [0.25, 0.3) is 0 Å². The summed E-state index contributed by atoms with van der Waals surface area (Å²) in [7, 11) is 0. The van der Waals surface area contributed by atoms with E-state index in [0.717, 1.165) is 0 Å². The summed E-state index contributed by atoms with van der Waals surface area (Å²) in [4.78, 5) is 22.9. The Morgan fingerprint density at radius 3 is 2.65 bits per heavy atom.